The quantitative estimate of drug-likeness (QED) is 0.845. The highest BCUT2D eigenvalue weighted by Gasteiger charge is 2.34. The first-order chi connectivity index (χ1) is 12.2. The molecule has 0 aromatic heterocycles. The Labute approximate surface area is 160 Å². The highest BCUT2D eigenvalue weighted by atomic mass is 35.5. The van der Waals surface area contributed by atoms with Crippen LogP contribution in [0.1, 0.15) is 32.4 Å². The molecule has 1 aromatic rings. The highest BCUT2D eigenvalue weighted by Crippen LogP contribution is 2.31. The normalized spacial score (nSPS) is 20.1. The fraction of sp³-hybridized carbons (Fsp3) is 0.632. The summed E-state index contributed by atoms with van der Waals surface area (Å²) in [6.07, 6.45) is -0.926. The Kier molecular flexibility index (Phi) is 7.29. The molecule has 146 valence electrons. The summed E-state index contributed by atoms with van der Waals surface area (Å²) in [5, 5.41) is 10.8. The maximum absolute atomic E-state index is 12.5. The number of benzene rings is 1. The molecule has 1 aliphatic heterocycles. The van der Waals surface area contributed by atoms with Crippen molar-refractivity contribution >= 4 is 17.7 Å². The van der Waals surface area contributed by atoms with Gasteiger partial charge in [0.15, 0.2) is 0 Å². The van der Waals surface area contributed by atoms with Gasteiger partial charge in [-0.05, 0) is 32.4 Å². The summed E-state index contributed by atoms with van der Waals surface area (Å²) in [6, 6.07) is 7.49. The average Bonchev–Trinajstić information content (AvgIpc) is 2.54. The molecule has 2 rings (SSSR count). The van der Waals surface area contributed by atoms with E-state index in [0.717, 1.165) is 5.56 Å². The second kappa shape index (κ2) is 9.04. The molecule has 0 saturated carbocycles. The minimum Gasteiger partial charge on any atom is -0.444 e. The van der Waals surface area contributed by atoms with E-state index in [1.54, 1.807) is 12.0 Å². The van der Waals surface area contributed by atoms with E-state index in [2.05, 4.69) is 4.90 Å². The number of piperazine rings is 1. The van der Waals surface area contributed by atoms with E-state index in [9.17, 15) is 9.90 Å². The van der Waals surface area contributed by atoms with E-state index in [-0.39, 0.29) is 18.7 Å². The number of halogens is 1. The Morgan fingerprint density at radius 3 is 2.65 bits per heavy atom. The van der Waals surface area contributed by atoms with Gasteiger partial charge in [-0.25, -0.2) is 4.79 Å². The molecule has 1 heterocycles. The molecule has 1 amide bonds. The number of aliphatic hydroxyl groups is 1. The fourth-order valence-corrected chi connectivity index (χ4v) is 3.35. The zero-order valence-corrected chi connectivity index (χ0v) is 16.7. The van der Waals surface area contributed by atoms with Crippen LogP contribution in [-0.4, -0.2) is 72.6 Å². The van der Waals surface area contributed by atoms with Gasteiger partial charge in [-0.3, -0.25) is 4.90 Å². The van der Waals surface area contributed by atoms with Crippen molar-refractivity contribution in [2.75, 3.05) is 39.9 Å². The lowest BCUT2D eigenvalue weighted by atomic mass is 10.0. The third-order valence-electron chi connectivity index (χ3n) is 4.21. The third-order valence-corrected chi connectivity index (χ3v) is 4.56. The van der Waals surface area contributed by atoms with E-state index in [1.807, 2.05) is 45.0 Å². The van der Waals surface area contributed by atoms with Gasteiger partial charge >= 0.3 is 6.09 Å². The number of ether oxygens (including phenoxy) is 2. The van der Waals surface area contributed by atoms with Gasteiger partial charge in [0.1, 0.15) is 5.60 Å². The maximum atomic E-state index is 12.5. The van der Waals surface area contributed by atoms with Gasteiger partial charge in [-0.2, -0.15) is 0 Å². The minimum absolute atomic E-state index is 0.114. The first kappa shape index (κ1) is 21.0. The summed E-state index contributed by atoms with van der Waals surface area (Å²) >= 11 is 6.41. The molecule has 1 aromatic carbocycles. The summed E-state index contributed by atoms with van der Waals surface area (Å²) in [6.45, 7) is 7.90. The first-order valence-corrected chi connectivity index (χ1v) is 9.22. The van der Waals surface area contributed by atoms with Crippen molar-refractivity contribution in [3.05, 3.63) is 34.9 Å². The van der Waals surface area contributed by atoms with Crippen LogP contribution in [0.4, 0.5) is 4.79 Å². The number of nitrogens with zero attached hydrogens (tertiary/aromatic N) is 2. The number of amides is 1. The zero-order valence-electron chi connectivity index (χ0n) is 15.9. The Morgan fingerprint density at radius 1 is 1.35 bits per heavy atom. The van der Waals surface area contributed by atoms with Gasteiger partial charge < -0.3 is 19.5 Å². The Morgan fingerprint density at radius 2 is 2.04 bits per heavy atom. The van der Waals surface area contributed by atoms with Crippen molar-refractivity contribution in [3.8, 4) is 0 Å². The molecular weight excluding hydrogens is 356 g/mol. The molecular formula is C19H29ClN2O4. The number of β-amino-alcohol motifs (C(OH)–C–C–N with tert-alkyl or cyclic N) is 1. The SMILES string of the molecule is COC[C@H](O)CN1CCN(C(=O)OC(C)(C)C)C[C@H]1c1ccccc1Cl. The van der Waals surface area contributed by atoms with E-state index >= 15 is 0 Å². The molecule has 1 saturated heterocycles. The van der Waals surface area contributed by atoms with Crippen LogP contribution in [0.25, 0.3) is 0 Å². The lowest BCUT2D eigenvalue weighted by Gasteiger charge is -2.42. The number of aliphatic hydroxyl groups excluding tert-OH is 1. The molecule has 1 N–H and O–H groups in total. The Bertz CT molecular complexity index is 605. The van der Waals surface area contributed by atoms with E-state index < -0.39 is 11.7 Å². The van der Waals surface area contributed by atoms with E-state index in [0.29, 0.717) is 31.2 Å². The number of hydrogen-bond acceptors (Lipinski definition) is 5. The van der Waals surface area contributed by atoms with Gasteiger partial charge in [0.2, 0.25) is 0 Å². The molecule has 0 bridgehead atoms. The van der Waals surface area contributed by atoms with Gasteiger partial charge in [-0.1, -0.05) is 29.8 Å². The average molecular weight is 385 g/mol. The summed E-state index contributed by atoms with van der Waals surface area (Å²) < 4.78 is 10.5. The molecule has 2 atom stereocenters. The number of rotatable bonds is 5. The number of methoxy groups -OCH3 is 1. The fourth-order valence-electron chi connectivity index (χ4n) is 3.09. The van der Waals surface area contributed by atoms with Crippen molar-refractivity contribution < 1.29 is 19.4 Å². The van der Waals surface area contributed by atoms with Crippen LogP contribution in [-0.2, 0) is 9.47 Å². The lowest BCUT2D eigenvalue weighted by molar-refractivity contribution is -0.0150. The van der Waals surface area contributed by atoms with Crippen LogP contribution >= 0.6 is 11.6 Å². The van der Waals surface area contributed by atoms with Crippen molar-refractivity contribution in [3.63, 3.8) is 0 Å². The summed E-state index contributed by atoms with van der Waals surface area (Å²) in [5.74, 6) is 0. The van der Waals surface area contributed by atoms with Crippen LogP contribution in [0.15, 0.2) is 24.3 Å². The predicted molar refractivity (Wildman–Crippen MR) is 101 cm³/mol. The van der Waals surface area contributed by atoms with Crippen LogP contribution in [0.2, 0.25) is 5.02 Å². The molecule has 0 unspecified atom stereocenters. The van der Waals surface area contributed by atoms with E-state index in [4.69, 9.17) is 21.1 Å². The topological polar surface area (TPSA) is 62.2 Å². The summed E-state index contributed by atoms with van der Waals surface area (Å²) in [7, 11) is 1.56. The number of hydrogen-bond donors (Lipinski definition) is 1. The van der Waals surface area contributed by atoms with Gasteiger partial charge in [0.05, 0.1) is 18.8 Å². The van der Waals surface area contributed by atoms with Crippen molar-refractivity contribution in [1.82, 2.24) is 9.80 Å². The third kappa shape index (κ3) is 5.84. The maximum Gasteiger partial charge on any atom is 0.410 e. The molecule has 1 fully saturated rings. The lowest BCUT2D eigenvalue weighted by Crippen LogP contribution is -2.53. The monoisotopic (exact) mass is 384 g/mol. The molecule has 0 aliphatic carbocycles. The van der Waals surface area contributed by atoms with Crippen LogP contribution in [0.3, 0.4) is 0 Å². The van der Waals surface area contributed by atoms with Gasteiger partial charge in [-0.15, -0.1) is 0 Å². The van der Waals surface area contributed by atoms with Crippen LogP contribution < -0.4 is 0 Å². The van der Waals surface area contributed by atoms with Crippen LogP contribution in [0.5, 0.6) is 0 Å². The second-order valence-electron chi connectivity index (χ2n) is 7.57. The predicted octanol–water partition coefficient (Wildman–Crippen LogP) is 2.94. The molecule has 26 heavy (non-hydrogen) atoms. The first-order valence-electron chi connectivity index (χ1n) is 8.84. The molecule has 7 heteroatoms. The van der Waals surface area contributed by atoms with Crippen molar-refractivity contribution in [1.29, 1.82) is 0 Å². The molecule has 0 spiro atoms. The van der Waals surface area contributed by atoms with E-state index in [1.165, 1.54) is 0 Å². The standard InChI is InChI=1S/C19H29ClN2O4/c1-19(2,3)26-18(24)22-10-9-21(11-14(23)13-25-4)17(12-22)15-7-5-6-8-16(15)20/h5-8,14,17,23H,9-13H2,1-4H3/t14-,17+/m1/s1. The summed E-state index contributed by atoms with van der Waals surface area (Å²) in [4.78, 5) is 16.3. The Hall–Kier alpha value is -1.34. The zero-order chi connectivity index (χ0) is 19.3. The van der Waals surface area contributed by atoms with Crippen molar-refractivity contribution in [2.24, 2.45) is 0 Å². The molecule has 1 aliphatic rings. The highest BCUT2D eigenvalue weighted by molar-refractivity contribution is 6.31. The van der Waals surface area contributed by atoms with Crippen molar-refractivity contribution in [2.45, 2.75) is 38.5 Å². The summed E-state index contributed by atoms with van der Waals surface area (Å²) in [5.41, 5.74) is 0.398. The van der Waals surface area contributed by atoms with Crippen LogP contribution in [0, 0.1) is 0 Å². The number of carbonyl (C=O) groups is 1. The largest absolute Gasteiger partial charge is 0.444 e. The smallest absolute Gasteiger partial charge is 0.410 e. The van der Waals surface area contributed by atoms with Gasteiger partial charge in [0.25, 0.3) is 0 Å². The van der Waals surface area contributed by atoms with Gasteiger partial charge in [0, 0.05) is 38.3 Å². The molecule has 0 radical (unpaired) electrons. The minimum atomic E-state index is -0.599. The Balaban J connectivity index is 2.19. The number of carbonyl (C=O) groups excluding carboxylic acids is 1. The second-order valence-corrected chi connectivity index (χ2v) is 7.97. The molecule has 6 nitrogen and oxygen atoms in total.